The summed E-state index contributed by atoms with van der Waals surface area (Å²) in [4.78, 5) is 12.1. The lowest BCUT2D eigenvalue weighted by atomic mass is 9.92. The van der Waals surface area contributed by atoms with Crippen LogP contribution in [0, 0.1) is 5.41 Å². The molecule has 0 heterocycles. The maximum Gasteiger partial charge on any atom is 0.228 e. The standard InChI is InChI=1S/C15H19Cl4N3OS/c1-14(2,3)8-11(23)21-12(15(17,18)19)22-13(24)20-10-7-5-4-6-9(10)16/h4-7,12H,8H2,1-3H3,(H,21,23)(H2,20,22,24)/t12-/m0/s1. The Hall–Kier alpha value is -0.460. The van der Waals surface area contributed by atoms with E-state index in [-0.39, 0.29) is 22.9 Å². The molecule has 0 aliphatic rings. The Morgan fingerprint density at radius 3 is 2.25 bits per heavy atom. The van der Waals surface area contributed by atoms with Gasteiger partial charge in [-0.25, -0.2) is 0 Å². The van der Waals surface area contributed by atoms with Gasteiger partial charge >= 0.3 is 0 Å². The van der Waals surface area contributed by atoms with Crippen molar-refractivity contribution in [1.82, 2.24) is 10.6 Å². The molecule has 0 fully saturated rings. The van der Waals surface area contributed by atoms with Crippen LogP contribution in [0.4, 0.5) is 5.69 Å². The topological polar surface area (TPSA) is 53.2 Å². The maximum absolute atomic E-state index is 12.1. The van der Waals surface area contributed by atoms with Crippen LogP contribution < -0.4 is 16.0 Å². The van der Waals surface area contributed by atoms with Crippen molar-refractivity contribution < 1.29 is 4.79 Å². The largest absolute Gasteiger partial charge is 0.339 e. The first-order chi connectivity index (χ1) is 10.9. The highest BCUT2D eigenvalue weighted by Crippen LogP contribution is 2.30. The minimum atomic E-state index is -1.79. The molecule has 0 aliphatic heterocycles. The van der Waals surface area contributed by atoms with Gasteiger partial charge in [-0.15, -0.1) is 0 Å². The van der Waals surface area contributed by atoms with Gasteiger partial charge in [0.2, 0.25) is 9.70 Å². The average Bonchev–Trinajstić information content (AvgIpc) is 2.37. The molecule has 3 N–H and O–H groups in total. The molecule has 0 bridgehead atoms. The van der Waals surface area contributed by atoms with Gasteiger partial charge in [0.05, 0.1) is 10.7 Å². The maximum atomic E-state index is 12.1. The number of alkyl halides is 3. The summed E-state index contributed by atoms with van der Waals surface area (Å²) in [5, 5.41) is 8.97. The minimum Gasteiger partial charge on any atom is -0.339 e. The lowest BCUT2D eigenvalue weighted by Gasteiger charge is -2.29. The fraction of sp³-hybridized carbons (Fsp3) is 0.467. The molecule has 0 aromatic heterocycles. The van der Waals surface area contributed by atoms with Gasteiger partial charge in [0.15, 0.2) is 5.11 Å². The van der Waals surface area contributed by atoms with Crippen molar-refractivity contribution in [2.75, 3.05) is 5.32 Å². The lowest BCUT2D eigenvalue weighted by Crippen LogP contribution is -2.56. The number of para-hydroxylation sites is 1. The molecule has 0 radical (unpaired) electrons. The lowest BCUT2D eigenvalue weighted by molar-refractivity contribution is -0.123. The van der Waals surface area contributed by atoms with Gasteiger partial charge in [0.25, 0.3) is 0 Å². The van der Waals surface area contributed by atoms with E-state index < -0.39 is 9.96 Å². The van der Waals surface area contributed by atoms with Gasteiger partial charge < -0.3 is 16.0 Å². The average molecular weight is 431 g/mol. The first-order valence-corrected chi connectivity index (χ1v) is 8.98. The number of rotatable bonds is 4. The Balaban J connectivity index is 2.74. The number of nitrogens with one attached hydrogen (secondary N) is 3. The normalized spacial score (nSPS) is 13.1. The van der Waals surface area contributed by atoms with Crippen LogP contribution in [0.5, 0.6) is 0 Å². The molecular formula is C15H19Cl4N3OS. The molecule has 0 unspecified atom stereocenters. The molecule has 9 heteroatoms. The molecule has 1 atom stereocenters. The zero-order valence-electron chi connectivity index (χ0n) is 13.4. The summed E-state index contributed by atoms with van der Waals surface area (Å²) in [5.41, 5.74) is 0.402. The summed E-state index contributed by atoms with van der Waals surface area (Å²) in [6.07, 6.45) is -0.726. The Kier molecular flexibility index (Phi) is 7.88. The monoisotopic (exact) mass is 429 g/mol. The Labute approximate surface area is 167 Å². The second-order valence-electron chi connectivity index (χ2n) is 6.36. The van der Waals surface area contributed by atoms with Crippen LogP contribution in [-0.2, 0) is 4.79 Å². The van der Waals surface area contributed by atoms with Gasteiger partial charge in [-0.1, -0.05) is 79.3 Å². The van der Waals surface area contributed by atoms with Crippen molar-refractivity contribution in [3.63, 3.8) is 0 Å². The van der Waals surface area contributed by atoms with E-state index in [9.17, 15) is 4.79 Å². The highest BCUT2D eigenvalue weighted by molar-refractivity contribution is 7.80. The van der Waals surface area contributed by atoms with Crippen molar-refractivity contribution in [2.45, 2.75) is 37.2 Å². The zero-order valence-corrected chi connectivity index (χ0v) is 17.3. The number of carbonyl (C=O) groups excluding carboxylic acids is 1. The molecule has 24 heavy (non-hydrogen) atoms. The number of amides is 1. The van der Waals surface area contributed by atoms with Crippen LogP contribution in [0.25, 0.3) is 0 Å². The predicted octanol–water partition coefficient (Wildman–Crippen LogP) is 4.88. The summed E-state index contributed by atoms with van der Waals surface area (Å²) in [7, 11) is 0. The number of thiocarbonyl (C=S) groups is 1. The Morgan fingerprint density at radius 1 is 1.17 bits per heavy atom. The fourth-order valence-electron chi connectivity index (χ4n) is 1.75. The van der Waals surface area contributed by atoms with E-state index in [0.717, 1.165) is 0 Å². The van der Waals surface area contributed by atoms with Crippen LogP contribution in [0.15, 0.2) is 24.3 Å². The molecule has 0 spiro atoms. The molecule has 1 rings (SSSR count). The summed E-state index contributed by atoms with van der Waals surface area (Å²) >= 11 is 29.0. The molecule has 4 nitrogen and oxygen atoms in total. The number of hydrogen-bond donors (Lipinski definition) is 3. The third-order valence-corrected chi connectivity index (χ3v) is 3.93. The van der Waals surface area contributed by atoms with E-state index in [1.165, 1.54) is 0 Å². The third-order valence-electron chi connectivity index (χ3n) is 2.72. The van der Waals surface area contributed by atoms with Crippen LogP contribution in [0.1, 0.15) is 27.2 Å². The van der Waals surface area contributed by atoms with E-state index >= 15 is 0 Å². The molecule has 0 saturated heterocycles. The van der Waals surface area contributed by atoms with Crippen LogP contribution in [0.3, 0.4) is 0 Å². The minimum absolute atomic E-state index is 0.162. The molecule has 0 saturated carbocycles. The van der Waals surface area contributed by atoms with Crippen molar-refractivity contribution in [3.05, 3.63) is 29.3 Å². The summed E-state index contributed by atoms with van der Waals surface area (Å²) in [5.74, 6) is -0.258. The zero-order chi connectivity index (χ0) is 18.5. The fourth-order valence-corrected chi connectivity index (χ4v) is 2.48. The SMILES string of the molecule is CC(C)(C)CC(=O)N[C@@H](NC(=S)Nc1ccccc1Cl)C(Cl)(Cl)Cl. The number of halogens is 4. The predicted molar refractivity (Wildman–Crippen MR) is 107 cm³/mol. The second kappa shape index (κ2) is 8.77. The first-order valence-electron chi connectivity index (χ1n) is 7.06. The van der Waals surface area contributed by atoms with Crippen molar-refractivity contribution >= 4 is 75.3 Å². The van der Waals surface area contributed by atoms with E-state index in [4.69, 9.17) is 58.6 Å². The number of carbonyl (C=O) groups is 1. The van der Waals surface area contributed by atoms with Crippen LogP contribution in [0.2, 0.25) is 5.02 Å². The van der Waals surface area contributed by atoms with Crippen LogP contribution in [-0.4, -0.2) is 21.0 Å². The Bertz CT molecular complexity index is 599. The first kappa shape index (κ1) is 21.6. The third kappa shape index (κ3) is 8.08. The summed E-state index contributed by atoms with van der Waals surface area (Å²) < 4.78 is -1.79. The van der Waals surface area contributed by atoms with Gasteiger partial charge in [0.1, 0.15) is 6.17 Å². The molecule has 1 amide bonds. The van der Waals surface area contributed by atoms with Crippen molar-refractivity contribution in [2.24, 2.45) is 5.41 Å². The molecular weight excluding hydrogens is 412 g/mol. The van der Waals surface area contributed by atoms with E-state index in [1.54, 1.807) is 24.3 Å². The highest BCUT2D eigenvalue weighted by Gasteiger charge is 2.35. The van der Waals surface area contributed by atoms with Crippen molar-refractivity contribution in [3.8, 4) is 0 Å². The molecule has 0 aliphatic carbocycles. The summed E-state index contributed by atoms with van der Waals surface area (Å²) in [6, 6.07) is 7.05. The van der Waals surface area contributed by atoms with Gasteiger partial charge in [0, 0.05) is 6.42 Å². The van der Waals surface area contributed by atoms with E-state index in [1.807, 2.05) is 20.8 Å². The smallest absolute Gasteiger partial charge is 0.228 e. The van der Waals surface area contributed by atoms with E-state index in [2.05, 4.69) is 16.0 Å². The van der Waals surface area contributed by atoms with Gasteiger partial charge in [-0.2, -0.15) is 0 Å². The molecule has 134 valence electrons. The highest BCUT2D eigenvalue weighted by atomic mass is 35.6. The molecule has 1 aromatic rings. The molecule has 1 aromatic carbocycles. The van der Waals surface area contributed by atoms with Crippen LogP contribution >= 0.6 is 58.6 Å². The number of anilines is 1. The van der Waals surface area contributed by atoms with Gasteiger partial charge in [-0.05, 0) is 29.8 Å². The number of hydrogen-bond acceptors (Lipinski definition) is 2. The second-order valence-corrected chi connectivity index (χ2v) is 9.54. The number of benzene rings is 1. The van der Waals surface area contributed by atoms with Gasteiger partial charge in [-0.3, -0.25) is 4.79 Å². The Morgan fingerprint density at radius 2 is 1.75 bits per heavy atom. The quantitative estimate of drug-likeness (QED) is 0.362. The van der Waals surface area contributed by atoms with E-state index in [0.29, 0.717) is 10.7 Å². The van der Waals surface area contributed by atoms with Crippen molar-refractivity contribution in [1.29, 1.82) is 0 Å². The summed E-state index contributed by atoms with van der Waals surface area (Å²) in [6.45, 7) is 5.82.